The number of benzene rings is 1. The van der Waals surface area contributed by atoms with Crippen molar-refractivity contribution in [3.8, 4) is 0 Å². The summed E-state index contributed by atoms with van der Waals surface area (Å²) in [6.07, 6.45) is 0.300. The number of rotatable bonds is 5. The van der Waals surface area contributed by atoms with E-state index in [9.17, 15) is 9.59 Å². The highest BCUT2D eigenvalue weighted by atomic mass is 79.9. The van der Waals surface area contributed by atoms with Crippen LogP contribution in [-0.2, 0) is 11.2 Å². The first-order valence-electron chi connectivity index (χ1n) is 5.65. The van der Waals surface area contributed by atoms with E-state index in [2.05, 4.69) is 31.4 Å². The molecule has 0 aliphatic rings. The molecule has 1 aromatic carbocycles. The molecular formula is C12H10BrN3O3S. The van der Waals surface area contributed by atoms with Gasteiger partial charge in [0.25, 0.3) is 5.91 Å². The topological polar surface area (TPSA) is 92.2 Å². The third-order valence-corrected chi connectivity index (χ3v) is 3.72. The number of carboxylic acid groups (broad SMARTS) is 1. The van der Waals surface area contributed by atoms with Gasteiger partial charge < -0.3 is 5.11 Å². The number of nitrogens with one attached hydrogen (secondary N) is 1. The lowest BCUT2D eigenvalue weighted by atomic mass is 10.2. The molecule has 2 aromatic rings. The largest absolute Gasteiger partial charge is 0.481 e. The zero-order valence-electron chi connectivity index (χ0n) is 10.2. The second-order valence-electron chi connectivity index (χ2n) is 3.86. The number of carbonyl (C=O) groups is 2. The van der Waals surface area contributed by atoms with Crippen molar-refractivity contribution in [2.75, 3.05) is 5.32 Å². The van der Waals surface area contributed by atoms with Crippen LogP contribution in [0.5, 0.6) is 0 Å². The fourth-order valence-corrected chi connectivity index (χ4v) is 2.55. The predicted octanol–water partition coefficient (Wildman–Crippen LogP) is 2.57. The Balaban J connectivity index is 1.99. The Bertz CT molecular complexity index is 644. The van der Waals surface area contributed by atoms with E-state index < -0.39 is 5.97 Å². The van der Waals surface area contributed by atoms with Crippen molar-refractivity contribution in [1.29, 1.82) is 0 Å². The van der Waals surface area contributed by atoms with Crippen LogP contribution in [0.4, 0.5) is 5.13 Å². The smallest absolute Gasteiger partial charge is 0.303 e. The maximum Gasteiger partial charge on any atom is 0.303 e. The Morgan fingerprint density at radius 3 is 2.85 bits per heavy atom. The van der Waals surface area contributed by atoms with Gasteiger partial charge in [-0.05, 0) is 18.2 Å². The lowest BCUT2D eigenvalue weighted by molar-refractivity contribution is -0.136. The molecule has 0 radical (unpaired) electrons. The number of aryl methyl sites for hydroxylation is 1. The van der Waals surface area contributed by atoms with Crippen molar-refractivity contribution in [3.63, 3.8) is 0 Å². The molecule has 20 heavy (non-hydrogen) atoms. The first kappa shape index (κ1) is 14.6. The van der Waals surface area contributed by atoms with Gasteiger partial charge >= 0.3 is 5.97 Å². The van der Waals surface area contributed by atoms with Gasteiger partial charge in [0.1, 0.15) is 5.01 Å². The zero-order valence-corrected chi connectivity index (χ0v) is 12.6. The Morgan fingerprint density at radius 2 is 2.15 bits per heavy atom. The maximum atomic E-state index is 12.0. The number of carbonyl (C=O) groups excluding carboxylic acids is 1. The third-order valence-electron chi connectivity index (χ3n) is 2.33. The minimum absolute atomic E-state index is 0.00574. The summed E-state index contributed by atoms with van der Waals surface area (Å²) < 4.78 is 0.810. The molecule has 8 heteroatoms. The van der Waals surface area contributed by atoms with Crippen LogP contribution < -0.4 is 5.32 Å². The average Bonchev–Trinajstić information content (AvgIpc) is 2.84. The van der Waals surface area contributed by atoms with Crippen LogP contribution in [0, 0.1) is 0 Å². The van der Waals surface area contributed by atoms with E-state index in [0.29, 0.717) is 22.1 Å². The molecule has 6 nitrogen and oxygen atoms in total. The maximum absolute atomic E-state index is 12.0. The highest BCUT2D eigenvalue weighted by Crippen LogP contribution is 2.18. The minimum atomic E-state index is -0.889. The van der Waals surface area contributed by atoms with Gasteiger partial charge in [0.15, 0.2) is 0 Å². The lowest BCUT2D eigenvalue weighted by Gasteiger charge is -2.01. The SMILES string of the molecule is O=C(O)CCc1nnc(NC(=O)c2cccc(Br)c2)s1. The molecule has 1 heterocycles. The molecule has 0 unspecified atom stereocenters. The summed E-state index contributed by atoms with van der Waals surface area (Å²) in [6.45, 7) is 0. The van der Waals surface area contributed by atoms with Crippen molar-refractivity contribution in [2.45, 2.75) is 12.8 Å². The molecule has 0 aliphatic carbocycles. The molecular weight excluding hydrogens is 346 g/mol. The summed E-state index contributed by atoms with van der Waals surface area (Å²) in [5, 5.41) is 19.8. The molecule has 0 aliphatic heterocycles. The number of amides is 1. The molecule has 0 atom stereocenters. The molecule has 0 spiro atoms. The van der Waals surface area contributed by atoms with Crippen molar-refractivity contribution in [3.05, 3.63) is 39.3 Å². The van der Waals surface area contributed by atoms with Crippen LogP contribution in [-0.4, -0.2) is 27.2 Å². The average molecular weight is 356 g/mol. The lowest BCUT2D eigenvalue weighted by Crippen LogP contribution is -2.11. The highest BCUT2D eigenvalue weighted by Gasteiger charge is 2.11. The molecule has 0 fully saturated rings. The van der Waals surface area contributed by atoms with Crippen LogP contribution in [0.2, 0.25) is 0 Å². The second kappa shape index (κ2) is 6.58. The molecule has 2 rings (SSSR count). The first-order valence-corrected chi connectivity index (χ1v) is 7.26. The number of anilines is 1. The van der Waals surface area contributed by atoms with E-state index in [1.807, 2.05) is 6.07 Å². The van der Waals surface area contributed by atoms with E-state index in [0.717, 1.165) is 4.47 Å². The van der Waals surface area contributed by atoms with Gasteiger partial charge in [-0.15, -0.1) is 10.2 Å². The number of hydrogen-bond donors (Lipinski definition) is 2. The van der Waals surface area contributed by atoms with Gasteiger partial charge in [-0.3, -0.25) is 14.9 Å². The van der Waals surface area contributed by atoms with Crippen LogP contribution in [0.25, 0.3) is 0 Å². The predicted molar refractivity (Wildman–Crippen MR) is 78.0 cm³/mol. The molecule has 1 aromatic heterocycles. The molecule has 0 bridgehead atoms. The van der Waals surface area contributed by atoms with E-state index in [4.69, 9.17) is 5.11 Å². The Hall–Kier alpha value is -1.80. The van der Waals surface area contributed by atoms with Crippen LogP contribution in [0.15, 0.2) is 28.7 Å². The number of halogens is 1. The highest BCUT2D eigenvalue weighted by molar-refractivity contribution is 9.10. The zero-order chi connectivity index (χ0) is 14.5. The van der Waals surface area contributed by atoms with E-state index >= 15 is 0 Å². The number of aliphatic carboxylic acids is 1. The number of hydrogen-bond acceptors (Lipinski definition) is 5. The fraction of sp³-hybridized carbons (Fsp3) is 0.167. The van der Waals surface area contributed by atoms with Crippen molar-refractivity contribution in [1.82, 2.24) is 10.2 Å². The summed E-state index contributed by atoms with van der Waals surface area (Å²) in [5.74, 6) is -1.17. The second-order valence-corrected chi connectivity index (χ2v) is 5.84. The van der Waals surface area contributed by atoms with Gasteiger partial charge in [0.05, 0.1) is 6.42 Å². The summed E-state index contributed by atoms with van der Waals surface area (Å²) in [7, 11) is 0. The van der Waals surface area contributed by atoms with Gasteiger partial charge in [0.2, 0.25) is 5.13 Å². The Morgan fingerprint density at radius 1 is 1.35 bits per heavy atom. The Labute approximate surface area is 127 Å². The number of carboxylic acids is 1. The Kier molecular flexibility index (Phi) is 4.80. The van der Waals surface area contributed by atoms with Crippen LogP contribution >= 0.6 is 27.3 Å². The van der Waals surface area contributed by atoms with E-state index in [-0.39, 0.29) is 12.3 Å². The number of nitrogens with zero attached hydrogens (tertiary/aromatic N) is 2. The van der Waals surface area contributed by atoms with Gasteiger partial charge in [-0.2, -0.15) is 0 Å². The van der Waals surface area contributed by atoms with E-state index in [1.165, 1.54) is 11.3 Å². The quantitative estimate of drug-likeness (QED) is 0.859. The summed E-state index contributed by atoms with van der Waals surface area (Å²) in [5.41, 5.74) is 0.502. The van der Waals surface area contributed by atoms with Gasteiger partial charge in [-0.25, -0.2) is 0 Å². The van der Waals surface area contributed by atoms with E-state index in [1.54, 1.807) is 18.2 Å². The van der Waals surface area contributed by atoms with Crippen LogP contribution in [0.1, 0.15) is 21.8 Å². The molecule has 2 N–H and O–H groups in total. The molecule has 104 valence electrons. The summed E-state index contributed by atoms with van der Waals surface area (Å²) in [6, 6.07) is 6.97. The minimum Gasteiger partial charge on any atom is -0.481 e. The van der Waals surface area contributed by atoms with Crippen LogP contribution in [0.3, 0.4) is 0 Å². The third kappa shape index (κ3) is 4.10. The normalized spacial score (nSPS) is 10.2. The van der Waals surface area contributed by atoms with Crippen molar-refractivity contribution >= 4 is 44.3 Å². The molecule has 0 saturated heterocycles. The van der Waals surface area contributed by atoms with Gasteiger partial charge in [0, 0.05) is 16.5 Å². The summed E-state index contributed by atoms with van der Waals surface area (Å²) in [4.78, 5) is 22.4. The van der Waals surface area contributed by atoms with Gasteiger partial charge in [-0.1, -0.05) is 33.3 Å². The molecule has 0 saturated carbocycles. The first-order chi connectivity index (χ1) is 9.54. The fourth-order valence-electron chi connectivity index (χ4n) is 1.42. The standard InChI is InChI=1S/C12H10BrN3O3S/c13-8-3-1-2-7(6-8)11(19)14-12-16-15-9(20-12)4-5-10(17)18/h1-3,6H,4-5H2,(H,17,18)(H,14,16,19). The monoisotopic (exact) mass is 355 g/mol. The molecule has 1 amide bonds. The van der Waals surface area contributed by atoms with Crippen molar-refractivity contribution < 1.29 is 14.7 Å². The summed E-state index contributed by atoms with van der Waals surface area (Å²) >= 11 is 4.47. The van der Waals surface area contributed by atoms with Crippen molar-refractivity contribution in [2.24, 2.45) is 0 Å². The number of aromatic nitrogens is 2.